The van der Waals surface area contributed by atoms with Gasteiger partial charge in [-0.25, -0.2) is 8.78 Å². The second-order valence-electron chi connectivity index (χ2n) is 5.57. The lowest BCUT2D eigenvalue weighted by Crippen LogP contribution is -1.96. The predicted octanol–water partition coefficient (Wildman–Crippen LogP) is 6.83. The van der Waals surface area contributed by atoms with Gasteiger partial charge in [-0.15, -0.1) is 0 Å². The number of hydrogen-bond acceptors (Lipinski definition) is 0. The van der Waals surface area contributed by atoms with Crippen LogP contribution in [0.4, 0.5) is 8.78 Å². The molecule has 0 bridgehead atoms. The van der Waals surface area contributed by atoms with Crippen molar-refractivity contribution < 1.29 is 8.78 Å². The molecule has 2 rings (SSSR count). The van der Waals surface area contributed by atoms with E-state index in [0.717, 1.165) is 30.4 Å². The van der Waals surface area contributed by atoms with Crippen molar-refractivity contribution in [1.29, 1.82) is 0 Å². The fourth-order valence-corrected chi connectivity index (χ4v) is 2.08. The molecule has 0 saturated carbocycles. The Morgan fingerprint density at radius 2 is 1.57 bits per heavy atom. The number of rotatable bonds is 4. The van der Waals surface area contributed by atoms with E-state index in [2.05, 4.69) is 20.8 Å². The molecule has 128 valence electrons. The largest absolute Gasteiger partial charge is 0.207 e. The molecule has 0 nitrogen and oxygen atoms in total. The highest BCUT2D eigenvalue weighted by molar-refractivity contribution is 5.17. The van der Waals surface area contributed by atoms with E-state index >= 15 is 0 Å². The molecule has 0 fully saturated rings. The molecule has 0 radical (unpaired) electrons. The van der Waals surface area contributed by atoms with Gasteiger partial charge in [0.25, 0.3) is 0 Å². The van der Waals surface area contributed by atoms with Gasteiger partial charge in [0.2, 0.25) is 0 Å². The Hall–Kier alpha value is -1.70. The van der Waals surface area contributed by atoms with Gasteiger partial charge in [0, 0.05) is 0 Å². The summed E-state index contributed by atoms with van der Waals surface area (Å²) in [4.78, 5) is 0. The highest BCUT2D eigenvalue weighted by Crippen LogP contribution is 2.11. The van der Waals surface area contributed by atoms with Gasteiger partial charge in [0.1, 0.15) is 11.6 Å². The molecule has 0 aliphatic rings. The maximum Gasteiger partial charge on any atom is 0.126 e. The zero-order valence-electron chi connectivity index (χ0n) is 15.1. The highest BCUT2D eigenvalue weighted by Gasteiger charge is 2.01. The first kappa shape index (κ1) is 21.3. The standard InChI is InChI=1S/C10H13F.C9H11F.C2H6/c1-8(2)7-9-5-3-4-6-10(9)11;1-2-4-8-5-3-6-9(10)7-8;1-2/h3-6,8H,7H2,1-2H3;3,5-7H,2,4H2,1H3;1-2H3. The summed E-state index contributed by atoms with van der Waals surface area (Å²) in [6.07, 6.45) is 2.87. The first-order chi connectivity index (χ1) is 11.0. The maximum absolute atomic E-state index is 12.9. The third-order valence-corrected chi connectivity index (χ3v) is 3.01. The summed E-state index contributed by atoms with van der Waals surface area (Å²) in [5, 5.41) is 0. The number of aryl methyl sites for hydroxylation is 1. The van der Waals surface area contributed by atoms with Gasteiger partial charge in [0.05, 0.1) is 0 Å². The molecule has 0 unspecified atom stereocenters. The first-order valence-corrected chi connectivity index (χ1v) is 8.50. The molecule has 23 heavy (non-hydrogen) atoms. The highest BCUT2D eigenvalue weighted by atomic mass is 19.1. The van der Waals surface area contributed by atoms with Crippen LogP contribution in [0.2, 0.25) is 0 Å². The van der Waals surface area contributed by atoms with E-state index in [-0.39, 0.29) is 11.6 Å². The summed E-state index contributed by atoms with van der Waals surface area (Å²) in [5.74, 6) is 0.305. The Labute approximate surface area is 140 Å². The summed E-state index contributed by atoms with van der Waals surface area (Å²) in [5.41, 5.74) is 1.91. The zero-order valence-corrected chi connectivity index (χ0v) is 15.1. The number of benzene rings is 2. The average molecular weight is 320 g/mol. The second-order valence-corrected chi connectivity index (χ2v) is 5.57. The van der Waals surface area contributed by atoms with Crippen molar-refractivity contribution in [3.05, 3.63) is 71.3 Å². The molecular formula is C21H30F2. The van der Waals surface area contributed by atoms with Crippen LogP contribution < -0.4 is 0 Å². The topological polar surface area (TPSA) is 0 Å². The van der Waals surface area contributed by atoms with E-state index in [1.165, 1.54) is 12.1 Å². The first-order valence-electron chi connectivity index (χ1n) is 8.50. The molecule has 0 heterocycles. The lowest BCUT2D eigenvalue weighted by molar-refractivity contribution is 0.574. The summed E-state index contributed by atoms with van der Waals surface area (Å²) in [6, 6.07) is 13.7. The minimum Gasteiger partial charge on any atom is -0.207 e. The van der Waals surface area contributed by atoms with E-state index in [1.54, 1.807) is 18.2 Å². The Morgan fingerprint density at radius 1 is 0.913 bits per heavy atom. The summed E-state index contributed by atoms with van der Waals surface area (Å²) < 4.78 is 25.4. The van der Waals surface area contributed by atoms with E-state index in [0.29, 0.717) is 5.92 Å². The Morgan fingerprint density at radius 3 is 2.09 bits per heavy atom. The molecule has 0 N–H and O–H groups in total. The van der Waals surface area contributed by atoms with Crippen LogP contribution in [-0.4, -0.2) is 0 Å². The maximum atomic E-state index is 12.9. The van der Waals surface area contributed by atoms with Gasteiger partial charge in [0.15, 0.2) is 0 Å². The van der Waals surface area contributed by atoms with E-state index < -0.39 is 0 Å². The minimum absolute atomic E-state index is 0.0822. The monoisotopic (exact) mass is 320 g/mol. The lowest BCUT2D eigenvalue weighted by Gasteiger charge is -2.04. The van der Waals surface area contributed by atoms with E-state index in [9.17, 15) is 8.78 Å². The summed E-state index contributed by atoms with van der Waals surface area (Å²) in [6.45, 7) is 10.3. The molecule has 0 aliphatic heterocycles. The summed E-state index contributed by atoms with van der Waals surface area (Å²) in [7, 11) is 0. The van der Waals surface area contributed by atoms with Crippen molar-refractivity contribution in [3.8, 4) is 0 Å². The van der Waals surface area contributed by atoms with E-state index in [4.69, 9.17) is 0 Å². The van der Waals surface area contributed by atoms with Crippen LogP contribution in [0.15, 0.2) is 48.5 Å². The van der Waals surface area contributed by atoms with Crippen molar-refractivity contribution in [2.24, 2.45) is 5.92 Å². The van der Waals surface area contributed by atoms with E-state index in [1.807, 2.05) is 32.0 Å². The Bertz CT molecular complexity index is 533. The van der Waals surface area contributed by atoms with Crippen LogP contribution in [0.5, 0.6) is 0 Å². The molecule has 2 heteroatoms. The molecule has 2 aromatic carbocycles. The lowest BCUT2D eigenvalue weighted by atomic mass is 10.0. The molecule has 2 aromatic rings. The third-order valence-electron chi connectivity index (χ3n) is 3.01. The second kappa shape index (κ2) is 12.8. The van der Waals surface area contributed by atoms with Crippen LogP contribution in [0.25, 0.3) is 0 Å². The molecular weight excluding hydrogens is 290 g/mol. The Balaban J connectivity index is 0.000000381. The SMILES string of the molecule is CC.CC(C)Cc1ccccc1F.CCCc1cccc(F)c1. The van der Waals surface area contributed by atoms with Crippen LogP contribution in [0.3, 0.4) is 0 Å². The van der Waals surface area contributed by atoms with Crippen LogP contribution in [0.1, 0.15) is 52.2 Å². The summed E-state index contributed by atoms with van der Waals surface area (Å²) >= 11 is 0. The van der Waals surface area contributed by atoms with Gasteiger partial charge >= 0.3 is 0 Å². The number of hydrogen-bond donors (Lipinski definition) is 0. The molecule has 0 saturated heterocycles. The normalized spacial score (nSPS) is 9.57. The molecule has 0 aliphatic carbocycles. The molecule has 0 amide bonds. The molecule has 0 aromatic heterocycles. The number of halogens is 2. The predicted molar refractivity (Wildman–Crippen MR) is 96.7 cm³/mol. The van der Waals surface area contributed by atoms with Crippen molar-refractivity contribution in [3.63, 3.8) is 0 Å². The molecule has 0 spiro atoms. The quantitative estimate of drug-likeness (QED) is 0.579. The smallest absolute Gasteiger partial charge is 0.126 e. The van der Waals surface area contributed by atoms with Gasteiger partial charge in [-0.2, -0.15) is 0 Å². The molecule has 0 atom stereocenters. The fraction of sp³-hybridized carbons (Fsp3) is 0.429. The average Bonchev–Trinajstić information content (AvgIpc) is 2.52. The fourth-order valence-electron chi connectivity index (χ4n) is 2.08. The van der Waals surface area contributed by atoms with Crippen LogP contribution in [0, 0.1) is 17.6 Å². The van der Waals surface area contributed by atoms with Gasteiger partial charge < -0.3 is 0 Å². The van der Waals surface area contributed by atoms with Gasteiger partial charge in [-0.1, -0.05) is 71.4 Å². The van der Waals surface area contributed by atoms with Crippen molar-refractivity contribution in [2.45, 2.75) is 53.9 Å². The van der Waals surface area contributed by atoms with Crippen LogP contribution >= 0.6 is 0 Å². The zero-order chi connectivity index (χ0) is 17.7. The van der Waals surface area contributed by atoms with Crippen molar-refractivity contribution in [1.82, 2.24) is 0 Å². The van der Waals surface area contributed by atoms with Gasteiger partial charge in [-0.3, -0.25) is 0 Å². The van der Waals surface area contributed by atoms with Gasteiger partial charge in [-0.05, 0) is 48.1 Å². The minimum atomic E-state index is -0.133. The van der Waals surface area contributed by atoms with Crippen molar-refractivity contribution in [2.75, 3.05) is 0 Å². The van der Waals surface area contributed by atoms with Crippen LogP contribution in [-0.2, 0) is 12.8 Å². The Kier molecular flexibility index (Phi) is 11.9. The van der Waals surface area contributed by atoms with Crippen molar-refractivity contribution >= 4 is 0 Å². The third kappa shape index (κ3) is 9.83.